The van der Waals surface area contributed by atoms with E-state index in [1.807, 2.05) is 6.07 Å². The van der Waals surface area contributed by atoms with Gasteiger partial charge in [0.25, 0.3) is 5.91 Å². The minimum atomic E-state index is -0.643. The Morgan fingerprint density at radius 3 is 2.50 bits per heavy atom. The van der Waals surface area contributed by atoms with Gasteiger partial charge in [-0.2, -0.15) is 0 Å². The van der Waals surface area contributed by atoms with Crippen LogP contribution in [-0.4, -0.2) is 36.1 Å². The summed E-state index contributed by atoms with van der Waals surface area (Å²) >= 11 is 4.81. The maximum Gasteiger partial charge on any atom is 0.330 e. The summed E-state index contributed by atoms with van der Waals surface area (Å²) in [7, 11) is 0. The molecule has 1 aromatic rings. The van der Waals surface area contributed by atoms with Gasteiger partial charge in [-0.25, -0.2) is 4.79 Å². The molecule has 0 bridgehead atoms. The minimum Gasteiger partial charge on any atom is -0.484 e. The van der Waals surface area contributed by atoms with Gasteiger partial charge in [-0.05, 0) is 31.3 Å². The van der Waals surface area contributed by atoms with Crippen molar-refractivity contribution in [1.29, 1.82) is 0 Å². The van der Waals surface area contributed by atoms with Crippen molar-refractivity contribution in [3.05, 3.63) is 42.5 Å². The molecular formula is C15H17N3O5S. The summed E-state index contributed by atoms with van der Waals surface area (Å²) in [4.78, 5) is 34.0. The number of thiocarbonyl (C=S) groups is 1. The summed E-state index contributed by atoms with van der Waals surface area (Å²) < 4.78 is 9.84. The Hall–Kier alpha value is -2.94. The Balaban J connectivity index is 2.24. The van der Waals surface area contributed by atoms with E-state index in [9.17, 15) is 14.4 Å². The maximum atomic E-state index is 11.5. The first-order valence-corrected chi connectivity index (χ1v) is 7.34. The molecule has 0 aromatic heterocycles. The van der Waals surface area contributed by atoms with Crippen LogP contribution >= 0.6 is 12.2 Å². The standard InChI is InChI=1S/C15H17N3O5S/c1-2-22-14(21)9-8-12(19)16-15(24)18-17-13(20)10-23-11-6-4-3-5-7-11/h3-9H,2,10H2,1H3,(H,17,20)(H2,16,18,19,24)/b9-8+. The number of benzene rings is 1. The number of hydrazine groups is 1. The number of esters is 1. The Morgan fingerprint density at radius 1 is 1.12 bits per heavy atom. The first-order valence-electron chi connectivity index (χ1n) is 6.93. The lowest BCUT2D eigenvalue weighted by Gasteiger charge is -2.10. The van der Waals surface area contributed by atoms with Gasteiger partial charge >= 0.3 is 5.97 Å². The number of carbonyl (C=O) groups is 3. The SMILES string of the molecule is CCOC(=O)/C=C/C(=O)NC(=S)NNC(=O)COc1ccccc1. The van der Waals surface area contributed by atoms with E-state index in [0.29, 0.717) is 5.75 Å². The first-order chi connectivity index (χ1) is 11.5. The summed E-state index contributed by atoms with van der Waals surface area (Å²) in [6.07, 6.45) is 1.93. The van der Waals surface area contributed by atoms with Crippen molar-refractivity contribution in [2.75, 3.05) is 13.2 Å². The van der Waals surface area contributed by atoms with Crippen molar-refractivity contribution < 1.29 is 23.9 Å². The van der Waals surface area contributed by atoms with Gasteiger partial charge in [0.2, 0.25) is 5.91 Å². The van der Waals surface area contributed by atoms with Crippen molar-refractivity contribution in [3.8, 4) is 5.75 Å². The van der Waals surface area contributed by atoms with E-state index in [-0.39, 0.29) is 18.3 Å². The number of rotatable bonds is 6. The molecule has 0 heterocycles. The van der Waals surface area contributed by atoms with E-state index >= 15 is 0 Å². The highest BCUT2D eigenvalue weighted by Gasteiger charge is 2.05. The molecule has 3 N–H and O–H groups in total. The first kappa shape index (κ1) is 19.1. The molecule has 1 aromatic carbocycles. The van der Waals surface area contributed by atoms with Crippen molar-refractivity contribution in [2.24, 2.45) is 0 Å². The molecular weight excluding hydrogens is 334 g/mol. The molecule has 0 spiro atoms. The van der Waals surface area contributed by atoms with Gasteiger partial charge in [-0.1, -0.05) is 18.2 Å². The van der Waals surface area contributed by atoms with Gasteiger partial charge in [0.1, 0.15) is 5.75 Å². The number of amides is 2. The Bertz CT molecular complexity index is 619. The zero-order chi connectivity index (χ0) is 17.8. The molecule has 2 amide bonds. The molecule has 8 nitrogen and oxygen atoms in total. The molecule has 24 heavy (non-hydrogen) atoms. The fraction of sp³-hybridized carbons (Fsp3) is 0.200. The quantitative estimate of drug-likeness (QED) is 0.291. The number of nitrogens with one attached hydrogen (secondary N) is 3. The predicted molar refractivity (Wildman–Crippen MR) is 89.7 cm³/mol. The number of carbonyl (C=O) groups excluding carboxylic acids is 3. The second-order valence-corrected chi connectivity index (χ2v) is 4.59. The van der Waals surface area contributed by atoms with Gasteiger partial charge in [0.05, 0.1) is 6.61 Å². The predicted octanol–water partition coefficient (Wildman–Crippen LogP) is 0.207. The fourth-order valence-electron chi connectivity index (χ4n) is 1.35. The zero-order valence-electron chi connectivity index (χ0n) is 12.9. The number of hydrogen-bond acceptors (Lipinski definition) is 6. The molecule has 0 radical (unpaired) electrons. The van der Waals surface area contributed by atoms with E-state index in [2.05, 4.69) is 20.9 Å². The lowest BCUT2D eigenvalue weighted by atomic mass is 10.3. The number of para-hydroxylation sites is 1. The summed E-state index contributed by atoms with van der Waals surface area (Å²) in [6.45, 7) is 1.63. The second-order valence-electron chi connectivity index (χ2n) is 4.18. The molecule has 0 aliphatic carbocycles. The summed E-state index contributed by atoms with van der Waals surface area (Å²) in [6, 6.07) is 8.80. The van der Waals surface area contributed by atoms with Crippen molar-refractivity contribution in [3.63, 3.8) is 0 Å². The van der Waals surface area contributed by atoms with Crippen LogP contribution in [0.4, 0.5) is 0 Å². The maximum absolute atomic E-state index is 11.5. The zero-order valence-corrected chi connectivity index (χ0v) is 13.7. The largest absolute Gasteiger partial charge is 0.484 e. The highest BCUT2D eigenvalue weighted by molar-refractivity contribution is 7.80. The molecule has 128 valence electrons. The number of hydrogen-bond donors (Lipinski definition) is 3. The summed E-state index contributed by atoms with van der Waals surface area (Å²) in [5.74, 6) is -1.22. The van der Waals surface area contributed by atoms with Gasteiger partial charge in [-0.15, -0.1) is 0 Å². The third kappa shape index (κ3) is 8.49. The molecule has 0 aliphatic heterocycles. The third-order valence-electron chi connectivity index (χ3n) is 2.32. The van der Waals surface area contributed by atoms with Crippen LogP contribution in [0.3, 0.4) is 0 Å². The van der Waals surface area contributed by atoms with Crippen LogP contribution in [0.1, 0.15) is 6.92 Å². The fourth-order valence-corrected chi connectivity index (χ4v) is 1.50. The summed E-state index contributed by atoms with van der Waals surface area (Å²) in [5.41, 5.74) is 4.59. The Labute approximate surface area is 144 Å². The van der Waals surface area contributed by atoms with Crippen LogP contribution in [0.2, 0.25) is 0 Å². The lowest BCUT2D eigenvalue weighted by Crippen LogP contribution is -2.49. The molecule has 0 saturated carbocycles. The van der Waals surface area contributed by atoms with E-state index in [4.69, 9.17) is 17.0 Å². The van der Waals surface area contributed by atoms with Crippen LogP contribution < -0.4 is 20.9 Å². The summed E-state index contributed by atoms with van der Waals surface area (Å²) in [5, 5.41) is 2.10. The van der Waals surface area contributed by atoms with E-state index in [1.54, 1.807) is 31.2 Å². The van der Waals surface area contributed by atoms with Crippen molar-refractivity contribution in [2.45, 2.75) is 6.92 Å². The Kier molecular flexibility index (Phi) is 8.54. The van der Waals surface area contributed by atoms with Crippen LogP contribution in [0.15, 0.2) is 42.5 Å². The van der Waals surface area contributed by atoms with Crippen molar-refractivity contribution >= 4 is 35.1 Å². The Morgan fingerprint density at radius 2 is 1.83 bits per heavy atom. The van der Waals surface area contributed by atoms with E-state index in [0.717, 1.165) is 12.2 Å². The van der Waals surface area contributed by atoms with Crippen LogP contribution in [0, 0.1) is 0 Å². The van der Waals surface area contributed by atoms with Gasteiger partial charge in [0.15, 0.2) is 11.7 Å². The average Bonchev–Trinajstić information content (AvgIpc) is 2.57. The lowest BCUT2D eigenvalue weighted by molar-refractivity contribution is -0.137. The molecule has 9 heteroatoms. The second kappa shape index (κ2) is 10.7. The topological polar surface area (TPSA) is 106 Å². The molecule has 0 saturated heterocycles. The van der Waals surface area contributed by atoms with Gasteiger partial charge in [0, 0.05) is 12.2 Å². The van der Waals surface area contributed by atoms with Crippen LogP contribution in [-0.2, 0) is 19.1 Å². The molecule has 0 aliphatic rings. The van der Waals surface area contributed by atoms with E-state index < -0.39 is 17.8 Å². The molecule has 0 unspecified atom stereocenters. The molecule has 0 atom stereocenters. The smallest absolute Gasteiger partial charge is 0.330 e. The molecule has 0 fully saturated rings. The van der Waals surface area contributed by atoms with Crippen molar-refractivity contribution in [1.82, 2.24) is 16.2 Å². The average molecular weight is 351 g/mol. The van der Waals surface area contributed by atoms with Gasteiger partial charge < -0.3 is 9.47 Å². The van der Waals surface area contributed by atoms with E-state index in [1.165, 1.54) is 0 Å². The van der Waals surface area contributed by atoms with Crippen LogP contribution in [0.5, 0.6) is 5.75 Å². The monoisotopic (exact) mass is 351 g/mol. The van der Waals surface area contributed by atoms with Crippen LogP contribution in [0.25, 0.3) is 0 Å². The number of ether oxygens (including phenoxy) is 2. The molecule has 1 rings (SSSR count). The third-order valence-corrected chi connectivity index (χ3v) is 2.53. The normalized spacial score (nSPS) is 9.88. The van der Waals surface area contributed by atoms with Gasteiger partial charge in [-0.3, -0.25) is 25.8 Å². The highest BCUT2D eigenvalue weighted by atomic mass is 32.1. The highest BCUT2D eigenvalue weighted by Crippen LogP contribution is 2.07. The minimum absolute atomic E-state index is 0.137.